The number of phenols is 1. The van der Waals surface area contributed by atoms with Gasteiger partial charge in [0, 0.05) is 0 Å². The van der Waals surface area contributed by atoms with Gasteiger partial charge in [0.25, 0.3) is 0 Å². The highest BCUT2D eigenvalue weighted by molar-refractivity contribution is 7.52. The Morgan fingerprint density at radius 2 is 1.55 bits per heavy atom. The summed E-state index contributed by atoms with van der Waals surface area (Å²) < 4.78 is 16.4. The van der Waals surface area contributed by atoms with Gasteiger partial charge in [0.05, 0.1) is 6.16 Å². The van der Waals surface area contributed by atoms with E-state index in [4.69, 9.17) is 6.42 Å². The van der Waals surface area contributed by atoms with Crippen molar-refractivity contribution in [2.45, 2.75) is 58.5 Å². The van der Waals surface area contributed by atoms with Crippen LogP contribution in [-0.4, -0.2) is 10.00 Å². The maximum absolute atomic E-state index is 11.9. The fraction of sp³-hybridized carbons (Fsp3) is 0.529. The minimum Gasteiger partial charge on any atom is -0.507 e. The summed E-state index contributed by atoms with van der Waals surface area (Å²) >= 11 is 0. The Morgan fingerprint density at radius 3 is 1.86 bits per heavy atom. The SMILES string of the molecule is C#COP(=O)(O)Cc1cc(C(C)(C)C)c(O)c(C(C)(C)C)c1. The van der Waals surface area contributed by atoms with Gasteiger partial charge in [0.15, 0.2) is 0 Å². The summed E-state index contributed by atoms with van der Waals surface area (Å²) in [5.74, 6) is 0.231. The Hall–Kier alpha value is -1.43. The normalized spacial score (nSPS) is 15.0. The molecule has 0 bridgehead atoms. The van der Waals surface area contributed by atoms with Crippen molar-refractivity contribution in [2.75, 3.05) is 0 Å². The Labute approximate surface area is 133 Å². The molecule has 0 aromatic heterocycles. The first kappa shape index (κ1) is 18.6. The van der Waals surface area contributed by atoms with Crippen molar-refractivity contribution in [2.24, 2.45) is 0 Å². The Morgan fingerprint density at radius 1 is 1.14 bits per heavy atom. The fourth-order valence-electron chi connectivity index (χ4n) is 2.27. The Balaban J connectivity index is 3.49. The molecule has 0 radical (unpaired) electrons. The van der Waals surface area contributed by atoms with E-state index in [1.807, 2.05) is 41.5 Å². The van der Waals surface area contributed by atoms with Crippen LogP contribution < -0.4 is 0 Å². The van der Waals surface area contributed by atoms with Crippen molar-refractivity contribution in [1.82, 2.24) is 0 Å². The lowest BCUT2D eigenvalue weighted by Crippen LogP contribution is -2.18. The van der Waals surface area contributed by atoms with E-state index in [1.54, 1.807) is 18.2 Å². The summed E-state index contributed by atoms with van der Waals surface area (Å²) in [6.07, 6.45) is 6.52. The molecule has 1 rings (SSSR count). The van der Waals surface area contributed by atoms with Gasteiger partial charge in [-0.05, 0) is 27.5 Å². The number of benzene rings is 1. The predicted octanol–water partition coefficient (Wildman–Crippen LogP) is 4.28. The van der Waals surface area contributed by atoms with Crippen LogP contribution in [0.5, 0.6) is 5.75 Å². The molecule has 22 heavy (non-hydrogen) atoms. The Bertz CT molecular complexity index is 607. The molecule has 5 heteroatoms. The largest absolute Gasteiger partial charge is 0.507 e. The lowest BCUT2D eigenvalue weighted by molar-refractivity contribution is 0.361. The number of phenolic OH excluding ortho intramolecular Hbond substituents is 1. The number of terminal acetylenes is 1. The van der Waals surface area contributed by atoms with E-state index in [0.29, 0.717) is 5.56 Å². The first-order valence-corrected chi connectivity index (χ1v) is 8.87. The molecule has 4 nitrogen and oxygen atoms in total. The van der Waals surface area contributed by atoms with Gasteiger partial charge in [-0.3, -0.25) is 0 Å². The molecule has 0 heterocycles. The van der Waals surface area contributed by atoms with Gasteiger partial charge in [-0.1, -0.05) is 60.1 Å². The molecule has 0 aliphatic rings. The fourth-order valence-corrected chi connectivity index (χ4v) is 3.15. The van der Waals surface area contributed by atoms with Crippen molar-refractivity contribution in [3.63, 3.8) is 0 Å². The number of aromatic hydroxyl groups is 1. The average molecular weight is 324 g/mol. The second kappa shape index (κ2) is 5.99. The molecule has 0 spiro atoms. The molecular weight excluding hydrogens is 299 g/mol. The quantitative estimate of drug-likeness (QED) is 0.643. The van der Waals surface area contributed by atoms with Gasteiger partial charge in [-0.2, -0.15) is 0 Å². The molecular formula is C17H25O4P. The minimum atomic E-state index is -3.89. The lowest BCUT2D eigenvalue weighted by atomic mass is 9.78. The summed E-state index contributed by atoms with van der Waals surface area (Å²) in [7, 11) is -3.89. The second-order valence-electron chi connectivity index (χ2n) is 7.54. The van der Waals surface area contributed by atoms with Crippen LogP contribution in [0.2, 0.25) is 0 Å². The van der Waals surface area contributed by atoms with Crippen LogP contribution in [0.4, 0.5) is 0 Å². The maximum Gasteiger partial charge on any atom is 0.389 e. The Kier molecular flexibility index (Phi) is 5.07. The summed E-state index contributed by atoms with van der Waals surface area (Å²) in [5, 5.41) is 10.6. The molecule has 0 saturated carbocycles. The first-order chi connectivity index (χ1) is 9.78. The van der Waals surface area contributed by atoms with Crippen LogP contribution >= 0.6 is 7.60 Å². The summed E-state index contributed by atoms with van der Waals surface area (Å²) in [6.45, 7) is 11.9. The van der Waals surface area contributed by atoms with E-state index in [9.17, 15) is 14.6 Å². The highest BCUT2D eigenvalue weighted by Gasteiger charge is 2.29. The van der Waals surface area contributed by atoms with Gasteiger partial charge < -0.3 is 14.5 Å². The standard InChI is InChI=1S/C17H25O4P/c1-8-21-22(19,20)11-12-9-13(16(2,3)4)15(18)14(10-12)17(5,6)7/h1,9-10,18H,11H2,2-7H3,(H,19,20). The number of rotatable bonds is 3. The molecule has 0 fully saturated rings. The zero-order valence-electron chi connectivity index (χ0n) is 14.1. The van der Waals surface area contributed by atoms with E-state index in [0.717, 1.165) is 11.1 Å². The van der Waals surface area contributed by atoms with E-state index in [2.05, 4.69) is 4.52 Å². The minimum absolute atomic E-state index is 0.191. The average Bonchev–Trinajstić information content (AvgIpc) is 2.27. The third-order valence-corrected chi connectivity index (χ3v) is 4.52. The molecule has 0 saturated heterocycles. The molecule has 1 unspecified atom stereocenters. The topological polar surface area (TPSA) is 66.8 Å². The molecule has 1 aromatic rings. The summed E-state index contributed by atoms with van der Waals surface area (Å²) in [5.41, 5.74) is 1.49. The van der Waals surface area contributed by atoms with Crippen LogP contribution in [0.25, 0.3) is 0 Å². The van der Waals surface area contributed by atoms with E-state index >= 15 is 0 Å². The highest BCUT2D eigenvalue weighted by Crippen LogP contribution is 2.47. The predicted molar refractivity (Wildman–Crippen MR) is 89.0 cm³/mol. The summed E-state index contributed by atoms with van der Waals surface area (Å²) in [4.78, 5) is 9.75. The second-order valence-corrected chi connectivity index (χ2v) is 9.32. The molecule has 0 amide bonds. The molecule has 0 aliphatic carbocycles. The van der Waals surface area contributed by atoms with E-state index < -0.39 is 7.60 Å². The van der Waals surface area contributed by atoms with Crippen molar-refractivity contribution in [3.8, 4) is 18.3 Å². The zero-order valence-corrected chi connectivity index (χ0v) is 15.0. The van der Waals surface area contributed by atoms with Crippen molar-refractivity contribution >= 4 is 7.60 Å². The van der Waals surface area contributed by atoms with E-state index in [-0.39, 0.29) is 22.7 Å². The number of hydrogen-bond donors (Lipinski definition) is 2. The van der Waals surface area contributed by atoms with Crippen molar-refractivity contribution in [3.05, 3.63) is 28.8 Å². The van der Waals surface area contributed by atoms with Crippen molar-refractivity contribution in [1.29, 1.82) is 0 Å². The van der Waals surface area contributed by atoms with Gasteiger partial charge in [0.2, 0.25) is 0 Å². The third-order valence-electron chi connectivity index (χ3n) is 3.36. The van der Waals surface area contributed by atoms with Crippen LogP contribution in [-0.2, 0) is 26.1 Å². The van der Waals surface area contributed by atoms with Crippen molar-refractivity contribution < 1.29 is 19.1 Å². The zero-order chi connectivity index (χ0) is 17.3. The third kappa shape index (κ3) is 4.53. The summed E-state index contributed by atoms with van der Waals surface area (Å²) in [6, 6.07) is 3.49. The molecule has 122 valence electrons. The van der Waals surface area contributed by atoms with Crippen LogP contribution in [0, 0.1) is 12.5 Å². The van der Waals surface area contributed by atoms with E-state index in [1.165, 1.54) is 0 Å². The van der Waals surface area contributed by atoms with Gasteiger partial charge >= 0.3 is 7.60 Å². The van der Waals surface area contributed by atoms with Gasteiger partial charge in [-0.15, -0.1) is 0 Å². The lowest BCUT2D eigenvalue weighted by Gasteiger charge is -2.28. The molecule has 1 aromatic carbocycles. The van der Waals surface area contributed by atoms with Crippen LogP contribution in [0.1, 0.15) is 58.2 Å². The van der Waals surface area contributed by atoms with Crippen LogP contribution in [0.3, 0.4) is 0 Å². The molecule has 0 aliphatic heterocycles. The first-order valence-electron chi connectivity index (χ1n) is 7.11. The maximum atomic E-state index is 11.9. The molecule has 1 atom stereocenters. The van der Waals surface area contributed by atoms with Gasteiger partial charge in [0.1, 0.15) is 11.9 Å². The molecule has 2 N–H and O–H groups in total. The van der Waals surface area contributed by atoms with Gasteiger partial charge in [-0.25, -0.2) is 4.57 Å². The highest BCUT2D eigenvalue weighted by atomic mass is 31.2. The number of hydrogen-bond acceptors (Lipinski definition) is 3. The van der Waals surface area contributed by atoms with Crippen LogP contribution in [0.15, 0.2) is 12.1 Å². The monoisotopic (exact) mass is 324 g/mol. The smallest absolute Gasteiger partial charge is 0.389 e.